The highest BCUT2D eigenvalue weighted by molar-refractivity contribution is 7.98. The Hall–Kier alpha value is -1.55. The lowest BCUT2D eigenvalue weighted by Crippen LogP contribution is -2.35. The summed E-state index contributed by atoms with van der Waals surface area (Å²) in [5.74, 6) is 1.58. The molecule has 0 saturated carbocycles. The predicted octanol–water partition coefficient (Wildman–Crippen LogP) is 3.59. The Kier molecular flexibility index (Phi) is 7.99. The van der Waals surface area contributed by atoms with Gasteiger partial charge in [0.05, 0.1) is 4.90 Å². The molecule has 6 nitrogen and oxygen atoms in total. The van der Waals surface area contributed by atoms with E-state index in [9.17, 15) is 8.42 Å². The number of hydrogen-bond donors (Lipinski definition) is 4. The van der Waals surface area contributed by atoms with Gasteiger partial charge in [0, 0.05) is 34.5 Å². The minimum absolute atomic E-state index is 0.00343. The van der Waals surface area contributed by atoms with Crippen LogP contribution < -0.4 is 15.8 Å². The van der Waals surface area contributed by atoms with Crippen molar-refractivity contribution in [2.45, 2.75) is 48.8 Å². The molecule has 29 heavy (non-hydrogen) atoms. The molecule has 0 spiro atoms. The number of nitrogens with one attached hydrogen (secondary N) is 3. The minimum Gasteiger partial charge on any atom is -0.399 e. The van der Waals surface area contributed by atoms with E-state index in [1.54, 1.807) is 11.8 Å². The van der Waals surface area contributed by atoms with Crippen molar-refractivity contribution in [3.63, 3.8) is 0 Å². The largest absolute Gasteiger partial charge is 0.399 e. The van der Waals surface area contributed by atoms with Crippen LogP contribution in [0.2, 0.25) is 0 Å². The van der Waals surface area contributed by atoms with Gasteiger partial charge >= 0.3 is 0 Å². The summed E-state index contributed by atoms with van der Waals surface area (Å²) in [4.78, 5) is 1.53. The van der Waals surface area contributed by atoms with E-state index in [1.165, 1.54) is 54.0 Å². The maximum Gasteiger partial charge on any atom is 0.262 e. The van der Waals surface area contributed by atoms with E-state index in [1.807, 2.05) is 11.3 Å². The predicted molar refractivity (Wildman–Crippen MR) is 123 cm³/mol. The SMILES string of the molecule is N=C(CCSCc1csc(CC2CCCCN2)c1)NS(=O)(=O)c1ccc(N)cc1. The van der Waals surface area contributed by atoms with Crippen molar-refractivity contribution >= 4 is 44.6 Å². The second kappa shape index (κ2) is 10.5. The zero-order chi connectivity index (χ0) is 20.7. The smallest absolute Gasteiger partial charge is 0.262 e. The van der Waals surface area contributed by atoms with E-state index in [4.69, 9.17) is 11.1 Å². The number of anilines is 1. The average molecular weight is 453 g/mol. The van der Waals surface area contributed by atoms with Crippen LogP contribution in [0.4, 0.5) is 5.69 Å². The topological polar surface area (TPSA) is 108 Å². The van der Waals surface area contributed by atoms with E-state index in [2.05, 4.69) is 21.5 Å². The molecule has 1 aromatic heterocycles. The lowest BCUT2D eigenvalue weighted by atomic mass is 10.0. The third kappa shape index (κ3) is 7.02. The minimum atomic E-state index is -3.72. The zero-order valence-corrected chi connectivity index (χ0v) is 18.8. The van der Waals surface area contributed by atoms with Crippen molar-refractivity contribution in [1.82, 2.24) is 10.0 Å². The fourth-order valence-corrected chi connectivity index (χ4v) is 6.24. The Balaban J connectivity index is 1.37. The summed E-state index contributed by atoms with van der Waals surface area (Å²) in [5.41, 5.74) is 7.39. The molecule has 0 aliphatic carbocycles. The summed E-state index contributed by atoms with van der Waals surface area (Å²) in [6, 6.07) is 8.84. The second-order valence-electron chi connectivity index (χ2n) is 7.23. The van der Waals surface area contributed by atoms with Crippen LogP contribution in [0.1, 0.15) is 36.1 Å². The molecule has 0 bridgehead atoms. The molecule has 158 valence electrons. The van der Waals surface area contributed by atoms with Crippen LogP contribution in [0.15, 0.2) is 40.6 Å². The Morgan fingerprint density at radius 2 is 2.10 bits per heavy atom. The van der Waals surface area contributed by atoms with E-state index in [0.29, 0.717) is 23.9 Å². The van der Waals surface area contributed by atoms with Gasteiger partial charge in [0.25, 0.3) is 10.0 Å². The number of benzene rings is 1. The molecule has 2 aromatic rings. The van der Waals surface area contributed by atoms with Crippen molar-refractivity contribution in [1.29, 1.82) is 5.41 Å². The number of nitrogens with two attached hydrogens (primary N) is 1. The maximum atomic E-state index is 12.3. The van der Waals surface area contributed by atoms with E-state index >= 15 is 0 Å². The number of nitrogen functional groups attached to an aromatic ring is 1. The van der Waals surface area contributed by atoms with Gasteiger partial charge in [-0.2, -0.15) is 11.8 Å². The number of hydrogen-bond acceptors (Lipinski definition) is 7. The van der Waals surface area contributed by atoms with Gasteiger partial charge in [-0.1, -0.05) is 6.42 Å². The first-order valence-electron chi connectivity index (χ1n) is 9.75. The van der Waals surface area contributed by atoms with Gasteiger partial charge in [-0.05, 0) is 67.1 Å². The van der Waals surface area contributed by atoms with Gasteiger partial charge in [0.2, 0.25) is 0 Å². The van der Waals surface area contributed by atoms with Crippen LogP contribution in [0.5, 0.6) is 0 Å². The first kappa shape index (κ1) is 22.1. The normalized spacial score (nSPS) is 17.2. The first-order chi connectivity index (χ1) is 13.9. The van der Waals surface area contributed by atoms with E-state index in [0.717, 1.165) is 18.7 Å². The summed E-state index contributed by atoms with van der Waals surface area (Å²) < 4.78 is 26.9. The summed E-state index contributed by atoms with van der Waals surface area (Å²) in [6.45, 7) is 1.13. The molecule has 3 rings (SSSR count). The molecule has 5 N–H and O–H groups in total. The van der Waals surface area contributed by atoms with Crippen molar-refractivity contribution in [3.8, 4) is 0 Å². The molecule has 1 aliphatic rings. The third-order valence-corrected chi connectivity index (χ3v) is 8.23. The van der Waals surface area contributed by atoms with Crippen LogP contribution in [0.25, 0.3) is 0 Å². The third-order valence-electron chi connectivity index (χ3n) is 4.78. The van der Waals surface area contributed by atoms with E-state index < -0.39 is 10.0 Å². The number of thioether (sulfide) groups is 1. The van der Waals surface area contributed by atoms with Gasteiger partial charge in [0.1, 0.15) is 5.84 Å². The van der Waals surface area contributed by atoms with Crippen LogP contribution in [0.3, 0.4) is 0 Å². The number of rotatable bonds is 9. The number of sulfonamides is 1. The average Bonchev–Trinajstić information content (AvgIpc) is 3.13. The number of piperidine rings is 1. The molecule has 1 unspecified atom stereocenters. The highest BCUT2D eigenvalue weighted by Crippen LogP contribution is 2.23. The van der Waals surface area contributed by atoms with Crippen LogP contribution in [-0.2, 0) is 22.2 Å². The maximum absolute atomic E-state index is 12.3. The molecule has 2 heterocycles. The first-order valence-corrected chi connectivity index (χ1v) is 13.3. The molecule has 0 amide bonds. The second-order valence-corrected chi connectivity index (χ2v) is 11.0. The molecule has 9 heteroatoms. The quantitative estimate of drug-likeness (QED) is 0.201. The summed E-state index contributed by atoms with van der Waals surface area (Å²) in [6.07, 6.45) is 5.35. The lowest BCUT2D eigenvalue weighted by molar-refractivity contribution is 0.401. The van der Waals surface area contributed by atoms with Gasteiger partial charge < -0.3 is 11.1 Å². The molecule has 1 saturated heterocycles. The molecule has 1 aromatic carbocycles. The molecule has 1 aliphatic heterocycles. The van der Waals surface area contributed by atoms with Crippen molar-refractivity contribution < 1.29 is 8.42 Å². The summed E-state index contributed by atoms with van der Waals surface area (Å²) in [5, 5.41) is 13.7. The van der Waals surface area contributed by atoms with Crippen LogP contribution >= 0.6 is 23.1 Å². The Morgan fingerprint density at radius 1 is 1.31 bits per heavy atom. The highest BCUT2D eigenvalue weighted by atomic mass is 32.2. The number of thiophene rings is 1. The molecule has 0 radical (unpaired) electrons. The Bertz CT molecular complexity index is 904. The van der Waals surface area contributed by atoms with Gasteiger partial charge in [-0.15, -0.1) is 11.3 Å². The van der Waals surface area contributed by atoms with Crippen molar-refractivity contribution in [2.24, 2.45) is 0 Å². The monoisotopic (exact) mass is 452 g/mol. The Labute approximate surface area is 181 Å². The van der Waals surface area contributed by atoms with E-state index in [-0.39, 0.29) is 10.7 Å². The molecular formula is C20H28N4O2S3. The van der Waals surface area contributed by atoms with Crippen LogP contribution in [0, 0.1) is 5.41 Å². The van der Waals surface area contributed by atoms with Gasteiger partial charge in [-0.3, -0.25) is 10.1 Å². The van der Waals surface area contributed by atoms with Crippen molar-refractivity contribution in [2.75, 3.05) is 18.0 Å². The van der Waals surface area contributed by atoms with Gasteiger partial charge in [0.15, 0.2) is 0 Å². The molecular weight excluding hydrogens is 424 g/mol. The zero-order valence-electron chi connectivity index (χ0n) is 16.3. The van der Waals surface area contributed by atoms with Crippen molar-refractivity contribution in [3.05, 3.63) is 46.2 Å². The number of amidine groups is 1. The summed E-state index contributed by atoms with van der Waals surface area (Å²) in [7, 11) is -3.72. The fourth-order valence-electron chi connectivity index (χ4n) is 3.23. The lowest BCUT2D eigenvalue weighted by Gasteiger charge is -2.22. The molecule has 1 atom stereocenters. The van der Waals surface area contributed by atoms with Gasteiger partial charge in [-0.25, -0.2) is 8.42 Å². The standard InChI is InChI=1S/C20H28N4O2S3/c21-16-4-6-19(7-5-16)29(25,26)24-20(22)8-10-27-13-15-11-18(28-14-15)12-17-3-1-2-9-23-17/h4-7,11,14,17,23H,1-3,8-10,12-13,21H2,(H2,22,24). The summed E-state index contributed by atoms with van der Waals surface area (Å²) >= 11 is 3.53. The Morgan fingerprint density at radius 3 is 2.83 bits per heavy atom. The van der Waals surface area contributed by atoms with Crippen LogP contribution in [-0.4, -0.2) is 32.6 Å². The fraction of sp³-hybridized carbons (Fsp3) is 0.450. The highest BCUT2D eigenvalue weighted by Gasteiger charge is 2.16. The molecule has 1 fully saturated rings.